The lowest BCUT2D eigenvalue weighted by Gasteiger charge is -2.15. The Balaban J connectivity index is 2.37. The number of fused-ring (bicyclic) bond motifs is 1. The summed E-state index contributed by atoms with van der Waals surface area (Å²) in [7, 11) is -8.26. The second-order valence-electron chi connectivity index (χ2n) is 6.71. The Hall–Kier alpha value is -3.43. The molecule has 174 valence electrons. The fourth-order valence-electron chi connectivity index (χ4n) is 2.96. The Labute approximate surface area is 188 Å². The molecule has 0 aliphatic heterocycles. The van der Waals surface area contributed by atoms with Crippen LogP contribution in [0.15, 0.2) is 68.6 Å². The topological polar surface area (TPSA) is 195 Å². The number of phenols is 1. The number of azo groups is 1. The lowest BCUT2D eigenvalue weighted by molar-refractivity contribution is -0.115. The molecule has 3 aromatic rings. The quantitative estimate of drug-likeness (QED) is 0.242. The Morgan fingerprint density at radius 2 is 1.64 bits per heavy atom. The van der Waals surface area contributed by atoms with Crippen LogP contribution >= 0.6 is 0 Å². The van der Waals surface area contributed by atoms with Gasteiger partial charge in [-0.3, -0.25) is 13.9 Å². The van der Waals surface area contributed by atoms with Crippen LogP contribution in [-0.2, 0) is 25.0 Å². The molecular weight excluding hydrogens is 476 g/mol. The monoisotopic (exact) mass is 494 g/mol. The molecule has 1 amide bonds. The molecule has 3 rings (SSSR count). The smallest absolute Gasteiger partial charge is 0.296 e. The van der Waals surface area contributed by atoms with Gasteiger partial charge in [0.1, 0.15) is 10.6 Å². The summed E-state index contributed by atoms with van der Waals surface area (Å²) >= 11 is 0. The highest BCUT2D eigenvalue weighted by Gasteiger charge is 2.25. The van der Waals surface area contributed by atoms with Gasteiger partial charge in [0.2, 0.25) is 5.91 Å². The van der Waals surface area contributed by atoms with Crippen LogP contribution < -0.4 is 10.6 Å². The van der Waals surface area contributed by atoms with Crippen molar-refractivity contribution in [3.05, 3.63) is 48.5 Å². The summed E-state index contributed by atoms with van der Waals surface area (Å²) < 4.78 is 66.5. The molecule has 0 saturated heterocycles. The zero-order valence-electron chi connectivity index (χ0n) is 16.9. The van der Waals surface area contributed by atoms with Crippen molar-refractivity contribution in [1.82, 2.24) is 5.32 Å². The molecule has 33 heavy (non-hydrogen) atoms. The van der Waals surface area contributed by atoms with Gasteiger partial charge in [0.25, 0.3) is 20.2 Å². The third kappa shape index (κ3) is 5.50. The van der Waals surface area contributed by atoms with E-state index in [9.17, 15) is 35.8 Å². The fraction of sp³-hybridized carbons (Fsp3) is 0.105. The van der Waals surface area contributed by atoms with E-state index in [1.54, 1.807) is 30.3 Å². The summed E-state index contributed by atoms with van der Waals surface area (Å²) in [6.07, 6.45) is 0. The number of rotatable bonds is 7. The van der Waals surface area contributed by atoms with Crippen molar-refractivity contribution in [3.8, 4) is 5.75 Å². The second-order valence-corrected chi connectivity index (χ2v) is 9.52. The molecule has 0 aliphatic rings. The molecule has 0 fully saturated rings. The third-order valence-electron chi connectivity index (χ3n) is 4.33. The minimum Gasteiger partial charge on any atom is -0.505 e. The molecule has 3 aromatic carbocycles. The van der Waals surface area contributed by atoms with Crippen LogP contribution in [0.1, 0.15) is 0 Å². The highest BCUT2D eigenvalue weighted by atomic mass is 32.2. The number of nitrogens with one attached hydrogen (secondary N) is 2. The van der Waals surface area contributed by atoms with Crippen molar-refractivity contribution in [2.45, 2.75) is 9.79 Å². The molecule has 14 heteroatoms. The Morgan fingerprint density at radius 3 is 2.21 bits per heavy atom. The molecule has 0 bridgehead atoms. The average molecular weight is 495 g/mol. The summed E-state index contributed by atoms with van der Waals surface area (Å²) in [6.45, 7) is -0.179. The van der Waals surface area contributed by atoms with Crippen molar-refractivity contribution in [1.29, 1.82) is 0 Å². The van der Waals surface area contributed by atoms with Crippen LogP contribution in [0, 0.1) is 0 Å². The van der Waals surface area contributed by atoms with Crippen LogP contribution in [0.5, 0.6) is 5.75 Å². The minimum atomic E-state index is -4.97. The van der Waals surface area contributed by atoms with E-state index in [0.717, 1.165) is 18.2 Å². The molecule has 0 aliphatic carbocycles. The number of hydrogen-bond donors (Lipinski definition) is 5. The van der Waals surface area contributed by atoms with Gasteiger partial charge >= 0.3 is 0 Å². The van der Waals surface area contributed by atoms with Gasteiger partial charge in [-0.1, -0.05) is 18.2 Å². The molecule has 0 radical (unpaired) electrons. The number of nitrogens with zero attached hydrogens (tertiary/aromatic N) is 2. The Morgan fingerprint density at radius 1 is 0.970 bits per heavy atom. The van der Waals surface area contributed by atoms with Crippen molar-refractivity contribution in [2.24, 2.45) is 10.2 Å². The van der Waals surface area contributed by atoms with Crippen molar-refractivity contribution >= 4 is 54.0 Å². The van der Waals surface area contributed by atoms with E-state index in [2.05, 4.69) is 20.9 Å². The van der Waals surface area contributed by atoms with Crippen LogP contribution in [0.25, 0.3) is 10.8 Å². The number of carbonyl (C=O) groups excluding carboxylic acids is 1. The standard InChI is InChI=1S/C19H18N4O8S2/c1-20-10-16(24)21-14-9-13(32(26,27)28)7-11-8-15(33(29,30)31)18(19(25)17(11)14)23-22-12-5-3-2-4-6-12/h2-9,20,25H,10H2,1H3,(H,21,24)(H,26,27,28)(H,29,30,31). The van der Waals surface area contributed by atoms with Gasteiger partial charge < -0.3 is 15.7 Å². The van der Waals surface area contributed by atoms with E-state index in [1.807, 2.05) is 0 Å². The maximum atomic E-state index is 12.1. The predicted molar refractivity (Wildman–Crippen MR) is 118 cm³/mol. The number of benzene rings is 3. The number of amides is 1. The first-order valence-electron chi connectivity index (χ1n) is 9.11. The summed E-state index contributed by atoms with van der Waals surface area (Å²) in [4.78, 5) is 10.6. The van der Waals surface area contributed by atoms with Crippen molar-refractivity contribution < 1.29 is 35.8 Å². The number of aromatic hydroxyl groups is 1. The molecule has 0 spiro atoms. The molecule has 12 nitrogen and oxygen atoms in total. The molecule has 5 N–H and O–H groups in total. The van der Waals surface area contributed by atoms with E-state index >= 15 is 0 Å². The normalized spacial score (nSPS) is 12.3. The number of likely N-dealkylation sites (N-methyl/N-ethyl adjacent to an activating group) is 1. The lowest BCUT2D eigenvalue weighted by atomic mass is 10.1. The SMILES string of the molecule is CNCC(=O)Nc1cc(S(=O)(=O)O)cc2cc(S(=O)(=O)O)c(N=Nc3ccccc3)c(O)c12. The number of hydrogen-bond acceptors (Lipinski definition) is 9. The van der Waals surface area contributed by atoms with Crippen LogP contribution in [0.2, 0.25) is 0 Å². The molecule has 0 aromatic heterocycles. The molecule has 0 atom stereocenters. The zero-order chi connectivity index (χ0) is 24.4. The van der Waals surface area contributed by atoms with Crippen LogP contribution in [-0.4, -0.2) is 50.5 Å². The van der Waals surface area contributed by atoms with Gasteiger partial charge in [-0.2, -0.15) is 21.9 Å². The van der Waals surface area contributed by atoms with E-state index in [0.29, 0.717) is 5.69 Å². The van der Waals surface area contributed by atoms with E-state index in [-0.39, 0.29) is 23.0 Å². The number of phenolic OH excluding ortho intramolecular Hbond substituents is 1. The van der Waals surface area contributed by atoms with Crippen molar-refractivity contribution in [2.75, 3.05) is 18.9 Å². The van der Waals surface area contributed by atoms with Gasteiger partial charge in [-0.15, -0.1) is 5.11 Å². The summed E-state index contributed by atoms with van der Waals surface area (Å²) in [5.41, 5.74) is -0.587. The summed E-state index contributed by atoms with van der Waals surface area (Å²) in [6, 6.07) is 10.7. The number of anilines is 1. The third-order valence-corrected chi connectivity index (χ3v) is 6.03. The molecular formula is C19H18N4O8S2. The van der Waals surface area contributed by atoms with Crippen LogP contribution in [0.3, 0.4) is 0 Å². The van der Waals surface area contributed by atoms with E-state index in [4.69, 9.17) is 0 Å². The maximum absolute atomic E-state index is 12.1. The van der Waals surface area contributed by atoms with Gasteiger partial charge in [0.05, 0.1) is 22.8 Å². The average Bonchev–Trinajstić information content (AvgIpc) is 2.72. The van der Waals surface area contributed by atoms with Crippen molar-refractivity contribution in [3.63, 3.8) is 0 Å². The first-order valence-corrected chi connectivity index (χ1v) is 12.0. The minimum absolute atomic E-state index is 0.179. The zero-order valence-corrected chi connectivity index (χ0v) is 18.6. The Bertz CT molecular complexity index is 1470. The van der Waals surface area contributed by atoms with E-state index in [1.165, 1.54) is 7.05 Å². The van der Waals surface area contributed by atoms with Gasteiger partial charge in [-0.25, -0.2) is 0 Å². The largest absolute Gasteiger partial charge is 0.505 e. The molecule has 0 saturated carbocycles. The van der Waals surface area contributed by atoms with Gasteiger partial charge in [0, 0.05) is 5.39 Å². The Kier molecular flexibility index (Phi) is 6.76. The van der Waals surface area contributed by atoms with E-state index < -0.39 is 47.4 Å². The highest BCUT2D eigenvalue weighted by molar-refractivity contribution is 7.86. The van der Waals surface area contributed by atoms with Crippen LogP contribution in [0.4, 0.5) is 17.1 Å². The molecule has 0 heterocycles. The number of carbonyl (C=O) groups is 1. The van der Waals surface area contributed by atoms with Gasteiger partial charge in [-0.05, 0) is 42.8 Å². The maximum Gasteiger partial charge on any atom is 0.296 e. The predicted octanol–water partition coefficient (Wildman–Crippen LogP) is 2.61. The summed E-state index contributed by atoms with van der Waals surface area (Å²) in [5, 5.41) is 23.0. The highest BCUT2D eigenvalue weighted by Crippen LogP contribution is 2.45. The lowest BCUT2D eigenvalue weighted by Crippen LogP contribution is -2.25. The summed E-state index contributed by atoms with van der Waals surface area (Å²) in [5.74, 6) is -1.43. The van der Waals surface area contributed by atoms with Gasteiger partial charge in [0.15, 0.2) is 5.75 Å². The fourth-order valence-corrected chi connectivity index (χ4v) is 4.16. The molecule has 0 unspecified atom stereocenters. The first kappa shape index (κ1) is 24.2. The first-order chi connectivity index (χ1) is 15.4. The second kappa shape index (κ2) is 9.21.